The molecule has 0 saturated carbocycles. The zero-order valence-electron chi connectivity index (χ0n) is 10.0. The van der Waals surface area contributed by atoms with E-state index in [4.69, 9.17) is 5.11 Å². The van der Waals surface area contributed by atoms with Gasteiger partial charge in [0.2, 0.25) is 5.76 Å². The number of hydrogen-bond donors (Lipinski definition) is 1. The van der Waals surface area contributed by atoms with E-state index in [9.17, 15) is 39.5 Å². The van der Waals surface area contributed by atoms with Crippen molar-refractivity contribution in [3.05, 3.63) is 52.3 Å². The van der Waals surface area contributed by atoms with Crippen molar-refractivity contribution in [1.82, 2.24) is 0 Å². The van der Waals surface area contributed by atoms with Crippen LogP contribution in [0.4, 0.5) is 39.5 Å². The maximum absolute atomic E-state index is 13.6. The summed E-state index contributed by atoms with van der Waals surface area (Å²) >= 11 is 0. The topological polar surface area (TPSA) is 20.2 Å². The van der Waals surface area contributed by atoms with E-state index in [-0.39, 0.29) is 6.07 Å². The predicted octanol–water partition coefficient (Wildman–Crippen LogP) is 4.65. The second kappa shape index (κ2) is 4.96. The maximum Gasteiger partial charge on any atom is 0.357 e. The highest BCUT2D eigenvalue weighted by Crippen LogP contribution is 2.47. The molecule has 0 amide bonds. The standard InChI is InChI=1S/C12H3F9O/c13-2-1-3(14)6(15)7(16)4(2)5-8(17)9(18)11(22)12(20,21)10(5)19/h1,8,22H. The lowest BCUT2D eigenvalue weighted by molar-refractivity contribution is 0.00469. The zero-order valence-corrected chi connectivity index (χ0v) is 10.0. The van der Waals surface area contributed by atoms with Crippen LogP contribution in [0.2, 0.25) is 0 Å². The Morgan fingerprint density at radius 1 is 0.909 bits per heavy atom. The highest BCUT2D eigenvalue weighted by Gasteiger charge is 2.53. The van der Waals surface area contributed by atoms with E-state index in [1.807, 2.05) is 0 Å². The zero-order chi connectivity index (χ0) is 17.0. The lowest BCUT2D eigenvalue weighted by Crippen LogP contribution is -2.31. The van der Waals surface area contributed by atoms with Crippen molar-refractivity contribution in [3.63, 3.8) is 0 Å². The van der Waals surface area contributed by atoms with Crippen molar-refractivity contribution in [2.45, 2.75) is 12.1 Å². The number of allylic oxidation sites excluding steroid dienone is 3. The molecule has 2 rings (SSSR count). The minimum atomic E-state index is -5.12. The van der Waals surface area contributed by atoms with E-state index < -0.39 is 63.9 Å². The molecule has 1 aromatic rings. The van der Waals surface area contributed by atoms with E-state index in [2.05, 4.69) is 0 Å². The molecule has 0 saturated heterocycles. The third-order valence-electron chi connectivity index (χ3n) is 2.90. The Morgan fingerprint density at radius 3 is 2.00 bits per heavy atom. The summed E-state index contributed by atoms with van der Waals surface area (Å²) in [4.78, 5) is 0. The fraction of sp³-hybridized carbons (Fsp3) is 0.167. The van der Waals surface area contributed by atoms with Gasteiger partial charge in [0, 0.05) is 11.6 Å². The highest BCUT2D eigenvalue weighted by molar-refractivity contribution is 5.77. The number of halogens is 9. The normalized spacial score (nSPS) is 21.6. The van der Waals surface area contributed by atoms with E-state index in [1.165, 1.54) is 0 Å². The van der Waals surface area contributed by atoms with Gasteiger partial charge in [-0.25, -0.2) is 30.7 Å². The Kier molecular flexibility index (Phi) is 3.66. The molecule has 1 nitrogen and oxygen atoms in total. The molecular weight excluding hydrogens is 331 g/mol. The van der Waals surface area contributed by atoms with Gasteiger partial charge in [-0.2, -0.15) is 8.78 Å². The van der Waals surface area contributed by atoms with E-state index >= 15 is 0 Å². The number of alkyl halides is 3. The van der Waals surface area contributed by atoms with E-state index in [0.717, 1.165) is 0 Å². The summed E-state index contributed by atoms with van der Waals surface area (Å²) in [6, 6.07) is -0.352. The summed E-state index contributed by atoms with van der Waals surface area (Å²) in [6.07, 6.45) is -3.53. The van der Waals surface area contributed by atoms with Gasteiger partial charge in [0.1, 0.15) is 5.82 Å². The smallest absolute Gasteiger partial charge is 0.357 e. The first-order valence-corrected chi connectivity index (χ1v) is 5.36. The second-order valence-corrected chi connectivity index (χ2v) is 4.20. The van der Waals surface area contributed by atoms with Crippen molar-refractivity contribution in [2.75, 3.05) is 0 Å². The van der Waals surface area contributed by atoms with Gasteiger partial charge in [-0.15, -0.1) is 0 Å². The van der Waals surface area contributed by atoms with Crippen molar-refractivity contribution in [1.29, 1.82) is 0 Å². The summed E-state index contributed by atoms with van der Waals surface area (Å²) in [5, 5.41) is 8.67. The largest absolute Gasteiger partial charge is 0.504 e. The average molecular weight is 334 g/mol. The lowest BCUT2D eigenvalue weighted by Gasteiger charge is -2.25. The fourth-order valence-electron chi connectivity index (χ4n) is 1.83. The average Bonchev–Trinajstić information content (AvgIpc) is 2.45. The highest BCUT2D eigenvalue weighted by atomic mass is 19.3. The molecule has 120 valence electrons. The molecular formula is C12H3F9O. The third-order valence-corrected chi connectivity index (χ3v) is 2.90. The number of rotatable bonds is 1. The summed E-state index contributed by atoms with van der Waals surface area (Å²) in [5.74, 6) is -22.4. The molecule has 0 fully saturated rings. The summed E-state index contributed by atoms with van der Waals surface area (Å²) in [6.45, 7) is 0. The summed E-state index contributed by atoms with van der Waals surface area (Å²) in [5.41, 5.74) is -4.25. The van der Waals surface area contributed by atoms with Gasteiger partial charge < -0.3 is 5.11 Å². The molecule has 1 aliphatic carbocycles. The molecule has 1 unspecified atom stereocenters. The van der Waals surface area contributed by atoms with Crippen LogP contribution in [0.5, 0.6) is 0 Å². The molecule has 0 spiro atoms. The van der Waals surface area contributed by atoms with Gasteiger partial charge in [0.25, 0.3) is 0 Å². The van der Waals surface area contributed by atoms with Crippen LogP contribution in [0, 0.1) is 23.3 Å². The van der Waals surface area contributed by atoms with Gasteiger partial charge >= 0.3 is 5.92 Å². The Bertz CT molecular complexity index is 720. The van der Waals surface area contributed by atoms with Crippen molar-refractivity contribution in [2.24, 2.45) is 0 Å². The first kappa shape index (κ1) is 16.2. The molecule has 1 atom stereocenters. The third kappa shape index (κ3) is 2.04. The molecule has 0 radical (unpaired) electrons. The predicted molar refractivity (Wildman–Crippen MR) is 54.9 cm³/mol. The Balaban J connectivity index is 2.83. The number of benzene rings is 1. The van der Waals surface area contributed by atoms with Gasteiger partial charge in [-0.1, -0.05) is 0 Å². The van der Waals surface area contributed by atoms with Crippen LogP contribution in [0.3, 0.4) is 0 Å². The van der Waals surface area contributed by atoms with Gasteiger partial charge in [-0.05, 0) is 0 Å². The second-order valence-electron chi connectivity index (χ2n) is 4.20. The molecule has 10 heteroatoms. The van der Waals surface area contributed by atoms with Gasteiger partial charge in [-0.3, -0.25) is 0 Å². The minimum Gasteiger partial charge on any atom is -0.504 e. The Labute approximate surface area is 116 Å². The lowest BCUT2D eigenvalue weighted by atomic mass is 9.91. The maximum atomic E-state index is 13.6. The van der Waals surface area contributed by atoms with E-state index in [1.54, 1.807) is 0 Å². The number of aliphatic hydroxyl groups excluding tert-OH is 1. The van der Waals surface area contributed by atoms with Gasteiger partial charge in [0.15, 0.2) is 35.3 Å². The molecule has 1 aromatic carbocycles. The van der Waals surface area contributed by atoms with Crippen LogP contribution in [0.1, 0.15) is 5.56 Å². The van der Waals surface area contributed by atoms with Crippen LogP contribution in [0.25, 0.3) is 5.57 Å². The van der Waals surface area contributed by atoms with Crippen molar-refractivity contribution >= 4 is 5.57 Å². The molecule has 0 aliphatic heterocycles. The summed E-state index contributed by atoms with van der Waals surface area (Å²) in [7, 11) is 0. The van der Waals surface area contributed by atoms with Crippen LogP contribution in [0.15, 0.2) is 23.5 Å². The molecule has 0 aromatic heterocycles. The molecule has 1 aliphatic rings. The van der Waals surface area contributed by atoms with Crippen LogP contribution >= 0.6 is 0 Å². The fourth-order valence-corrected chi connectivity index (χ4v) is 1.83. The van der Waals surface area contributed by atoms with Crippen LogP contribution < -0.4 is 0 Å². The molecule has 0 heterocycles. The van der Waals surface area contributed by atoms with Crippen LogP contribution in [-0.2, 0) is 0 Å². The van der Waals surface area contributed by atoms with Crippen molar-refractivity contribution < 1.29 is 44.6 Å². The SMILES string of the molecule is OC1=C(F)C(F)C(c2c(F)cc(F)c(F)c2F)=C(F)C1(F)F. The number of hydrogen-bond acceptors (Lipinski definition) is 1. The first-order valence-electron chi connectivity index (χ1n) is 5.36. The Hall–Kier alpha value is -2.13. The molecule has 1 N–H and O–H groups in total. The van der Waals surface area contributed by atoms with E-state index in [0.29, 0.717) is 0 Å². The number of aliphatic hydroxyl groups is 1. The monoisotopic (exact) mass is 334 g/mol. The molecule has 22 heavy (non-hydrogen) atoms. The first-order chi connectivity index (χ1) is 10.0. The quantitative estimate of drug-likeness (QED) is 0.450. The van der Waals surface area contributed by atoms with Crippen molar-refractivity contribution in [3.8, 4) is 0 Å². The van der Waals surface area contributed by atoms with Crippen LogP contribution in [-0.4, -0.2) is 17.2 Å². The Morgan fingerprint density at radius 2 is 1.45 bits per heavy atom. The minimum absolute atomic E-state index is 0.352. The van der Waals surface area contributed by atoms with Gasteiger partial charge in [0.05, 0.1) is 5.56 Å². The molecule has 0 bridgehead atoms. The summed E-state index contributed by atoms with van der Waals surface area (Å²) < 4.78 is 119.